The molecule has 236 valence electrons. The van der Waals surface area contributed by atoms with Gasteiger partial charge in [0.05, 0.1) is 32.0 Å². The van der Waals surface area contributed by atoms with E-state index in [0.717, 1.165) is 18.2 Å². The molecule has 14 heteroatoms. The zero-order valence-electron chi connectivity index (χ0n) is 24.0. The highest BCUT2D eigenvalue weighted by atomic mass is 19.4. The monoisotopic (exact) mass is 628 g/mol. The number of nitrogens with two attached hydrogens (primary N) is 1. The predicted octanol–water partition coefficient (Wildman–Crippen LogP) is 4.09. The number of hydrogen-bond acceptors (Lipinski definition) is 7. The Morgan fingerprint density at radius 2 is 1.84 bits per heavy atom. The molecule has 0 radical (unpaired) electrons. The third kappa shape index (κ3) is 4.89. The summed E-state index contributed by atoms with van der Waals surface area (Å²) < 4.78 is 74.6. The first-order chi connectivity index (χ1) is 21.3. The van der Waals surface area contributed by atoms with E-state index in [1.54, 1.807) is 12.1 Å². The molecular weight excluding hydrogens is 600 g/mol. The van der Waals surface area contributed by atoms with Crippen LogP contribution in [0.25, 0.3) is 22.2 Å². The number of fused-ring (bicyclic) bond motifs is 2. The molecule has 0 spiro atoms. The van der Waals surface area contributed by atoms with Gasteiger partial charge in [0.1, 0.15) is 46.5 Å². The van der Waals surface area contributed by atoms with Crippen LogP contribution in [0.15, 0.2) is 48.5 Å². The number of nitrogens with zero attached hydrogens (tertiary/aromatic N) is 1. The number of hydrogen-bond donors (Lipinski definition) is 4. The summed E-state index contributed by atoms with van der Waals surface area (Å²) in [7, 11) is 2.85. The van der Waals surface area contributed by atoms with Gasteiger partial charge in [0.15, 0.2) is 0 Å². The van der Waals surface area contributed by atoms with Gasteiger partial charge in [-0.15, -0.1) is 0 Å². The van der Waals surface area contributed by atoms with Gasteiger partial charge in [-0.1, -0.05) is 0 Å². The van der Waals surface area contributed by atoms with Gasteiger partial charge >= 0.3 is 6.18 Å². The van der Waals surface area contributed by atoms with Crippen LogP contribution >= 0.6 is 0 Å². The van der Waals surface area contributed by atoms with Gasteiger partial charge in [0.2, 0.25) is 11.5 Å². The van der Waals surface area contributed by atoms with E-state index in [0.29, 0.717) is 35.2 Å². The summed E-state index contributed by atoms with van der Waals surface area (Å²) in [6.07, 6.45) is -4.17. The standard InChI is InChI=1S/C31H28F4N4O6/c1-43-18-9-21-19(23(10-18)44-2)11-22(38-21)27(40)37-13-30(42,31(33,34)35)24-12-20-26(25(39-24)15-3-7-17(32)8-4-15)45-14-29(20,28(36)41)16-5-6-16/h3-4,7-12,16,38,42H,5-6,13-14H2,1-2H3,(H2,36,41)(H,37,40)/t29-,30+/m1/s1. The number of benzene rings is 2. The smallest absolute Gasteiger partial charge is 0.424 e. The average Bonchev–Trinajstić information content (AvgIpc) is 3.65. The van der Waals surface area contributed by atoms with Crippen molar-refractivity contribution in [1.29, 1.82) is 0 Å². The number of nitrogens with one attached hydrogen (secondary N) is 2. The summed E-state index contributed by atoms with van der Waals surface area (Å²) >= 11 is 0. The van der Waals surface area contributed by atoms with Gasteiger partial charge in [0.25, 0.3) is 5.91 Å². The Bertz CT molecular complexity index is 1820. The van der Waals surface area contributed by atoms with Crippen molar-refractivity contribution < 1.29 is 46.5 Å². The number of aromatic amines is 1. The van der Waals surface area contributed by atoms with Crippen LogP contribution in [0.4, 0.5) is 17.6 Å². The molecule has 0 saturated heterocycles. The van der Waals surface area contributed by atoms with Gasteiger partial charge < -0.3 is 35.4 Å². The van der Waals surface area contributed by atoms with Crippen LogP contribution in [-0.4, -0.2) is 60.4 Å². The quantitative estimate of drug-likeness (QED) is 0.204. The highest BCUT2D eigenvalue weighted by Gasteiger charge is 2.60. The number of rotatable bonds is 9. The van der Waals surface area contributed by atoms with Crippen molar-refractivity contribution >= 4 is 22.7 Å². The van der Waals surface area contributed by atoms with Crippen molar-refractivity contribution in [1.82, 2.24) is 15.3 Å². The summed E-state index contributed by atoms with van der Waals surface area (Å²) in [6, 6.07) is 10.3. The summed E-state index contributed by atoms with van der Waals surface area (Å²) in [5, 5.41) is 14.0. The largest absolute Gasteiger partial charge is 0.497 e. The number of alkyl halides is 3. The molecular formula is C31H28F4N4O6. The maximum absolute atomic E-state index is 14.8. The topological polar surface area (TPSA) is 149 Å². The van der Waals surface area contributed by atoms with Crippen LogP contribution in [0.2, 0.25) is 0 Å². The van der Waals surface area contributed by atoms with Gasteiger partial charge in [-0.25, -0.2) is 9.37 Å². The molecule has 3 heterocycles. The van der Waals surface area contributed by atoms with Crippen LogP contribution in [0.1, 0.15) is 34.6 Å². The molecule has 2 aromatic carbocycles. The maximum atomic E-state index is 14.8. The molecule has 2 aliphatic rings. The number of ether oxygens (including phenoxy) is 3. The van der Waals surface area contributed by atoms with E-state index < -0.39 is 47.1 Å². The zero-order valence-corrected chi connectivity index (χ0v) is 24.0. The van der Waals surface area contributed by atoms with E-state index in [1.807, 2.05) is 0 Å². The second-order valence-corrected chi connectivity index (χ2v) is 11.2. The maximum Gasteiger partial charge on any atom is 0.424 e. The lowest BCUT2D eigenvalue weighted by Gasteiger charge is -2.32. The number of aromatic nitrogens is 2. The zero-order chi connectivity index (χ0) is 32.3. The van der Waals surface area contributed by atoms with Crippen LogP contribution < -0.4 is 25.3 Å². The number of H-pyrrole nitrogens is 1. The van der Waals surface area contributed by atoms with Crippen molar-refractivity contribution in [2.45, 2.75) is 30.0 Å². The fourth-order valence-electron chi connectivity index (χ4n) is 5.84. The molecule has 10 nitrogen and oxygen atoms in total. The number of halogens is 4. The lowest BCUT2D eigenvalue weighted by molar-refractivity contribution is -0.265. The van der Waals surface area contributed by atoms with Gasteiger partial charge in [-0.05, 0) is 55.2 Å². The molecule has 1 saturated carbocycles. The number of carbonyl (C=O) groups excluding carboxylic acids is 2. The Morgan fingerprint density at radius 1 is 1.13 bits per heavy atom. The Kier molecular flexibility index (Phi) is 7.14. The number of carbonyl (C=O) groups is 2. The van der Waals surface area contributed by atoms with Crippen molar-refractivity contribution in [3.8, 4) is 28.5 Å². The summed E-state index contributed by atoms with van der Waals surface area (Å²) in [6.45, 7) is -1.56. The second kappa shape index (κ2) is 10.6. The van der Waals surface area contributed by atoms with Crippen LogP contribution in [0, 0.1) is 11.7 Å². The second-order valence-electron chi connectivity index (χ2n) is 11.2. The molecule has 2 atom stereocenters. The molecule has 5 N–H and O–H groups in total. The molecule has 0 unspecified atom stereocenters. The highest BCUT2D eigenvalue weighted by molar-refractivity contribution is 6.00. The van der Waals surface area contributed by atoms with Crippen molar-refractivity contribution in [3.05, 3.63) is 71.3 Å². The molecule has 2 amide bonds. The first kappa shape index (κ1) is 30.2. The third-order valence-electron chi connectivity index (χ3n) is 8.50. The first-order valence-corrected chi connectivity index (χ1v) is 13.9. The molecule has 45 heavy (non-hydrogen) atoms. The minimum atomic E-state index is -5.35. The fraction of sp³-hybridized carbons (Fsp3) is 0.323. The Labute approximate surface area is 253 Å². The average molecular weight is 629 g/mol. The molecule has 1 aliphatic carbocycles. The third-order valence-corrected chi connectivity index (χ3v) is 8.50. The molecule has 0 bridgehead atoms. The molecule has 6 rings (SSSR count). The molecule has 4 aromatic rings. The molecule has 1 aliphatic heterocycles. The van der Waals surface area contributed by atoms with Crippen LogP contribution in [0.5, 0.6) is 17.2 Å². The number of aliphatic hydroxyl groups is 1. The number of primary amides is 1. The van der Waals surface area contributed by atoms with Crippen LogP contribution in [0.3, 0.4) is 0 Å². The van der Waals surface area contributed by atoms with Crippen molar-refractivity contribution in [3.63, 3.8) is 0 Å². The Balaban J connectivity index is 1.43. The highest BCUT2D eigenvalue weighted by Crippen LogP contribution is 2.56. The fourth-order valence-corrected chi connectivity index (χ4v) is 5.84. The number of methoxy groups -OCH3 is 2. The Morgan fingerprint density at radius 3 is 2.44 bits per heavy atom. The minimum Gasteiger partial charge on any atom is -0.497 e. The summed E-state index contributed by atoms with van der Waals surface area (Å²) in [5.41, 5.74) is 0.154. The van der Waals surface area contributed by atoms with Crippen molar-refractivity contribution in [2.24, 2.45) is 11.7 Å². The summed E-state index contributed by atoms with van der Waals surface area (Å²) in [4.78, 5) is 33.0. The predicted molar refractivity (Wildman–Crippen MR) is 152 cm³/mol. The minimum absolute atomic E-state index is 0.0204. The molecule has 1 fully saturated rings. The lowest BCUT2D eigenvalue weighted by Crippen LogP contribution is -2.52. The SMILES string of the molecule is COc1cc(OC)c2cc(C(=O)NC[C@](O)(c3cc4c(c(-c5ccc(F)cc5)n3)OC[C@@]4(C(N)=O)C3CC3)C(F)(F)F)[nH]c2c1. The van der Waals surface area contributed by atoms with E-state index in [1.165, 1.54) is 32.4 Å². The van der Waals surface area contributed by atoms with E-state index >= 15 is 0 Å². The normalized spacial score (nSPS) is 19.0. The Hall–Kier alpha value is -4.85. The number of pyridine rings is 1. The summed E-state index contributed by atoms with van der Waals surface area (Å²) in [5.74, 6) is -1.84. The van der Waals surface area contributed by atoms with Gasteiger partial charge in [0, 0.05) is 28.6 Å². The van der Waals surface area contributed by atoms with E-state index in [9.17, 15) is 32.3 Å². The van der Waals surface area contributed by atoms with Crippen molar-refractivity contribution in [2.75, 3.05) is 27.4 Å². The number of amides is 2. The van der Waals surface area contributed by atoms with Gasteiger partial charge in [-0.2, -0.15) is 13.2 Å². The first-order valence-electron chi connectivity index (χ1n) is 13.9. The van der Waals surface area contributed by atoms with E-state index in [2.05, 4.69) is 15.3 Å². The van der Waals surface area contributed by atoms with Gasteiger partial charge in [-0.3, -0.25) is 9.59 Å². The van der Waals surface area contributed by atoms with E-state index in [4.69, 9.17) is 19.9 Å². The molecule has 2 aromatic heterocycles. The van der Waals surface area contributed by atoms with E-state index in [-0.39, 0.29) is 40.8 Å². The van der Waals surface area contributed by atoms with Crippen LogP contribution in [-0.2, 0) is 15.8 Å². The lowest BCUT2D eigenvalue weighted by atomic mass is 9.76.